The molecule has 0 aliphatic rings. The summed E-state index contributed by atoms with van der Waals surface area (Å²) >= 11 is 0. The number of carboxylic acid groups (broad SMARTS) is 1. The number of pyridine rings is 1. The second-order valence-electron chi connectivity index (χ2n) is 10.7. The van der Waals surface area contributed by atoms with Crippen molar-refractivity contribution >= 4 is 45.9 Å². The van der Waals surface area contributed by atoms with Gasteiger partial charge in [0.25, 0.3) is 11.5 Å². The summed E-state index contributed by atoms with van der Waals surface area (Å²) in [7, 11) is 0. The fourth-order valence-electron chi connectivity index (χ4n) is 5.04. The van der Waals surface area contributed by atoms with Gasteiger partial charge in [0.15, 0.2) is 5.78 Å². The molecule has 1 heterocycles. The van der Waals surface area contributed by atoms with Crippen molar-refractivity contribution < 1.29 is 29.1 Å². The third-order valence-electron chi connectivity index (χ3n) is 7.49. The van der Waals surface area contributed by atoms with E-state index in [1.807, 2.05) is 30.3 Å². The average Bonchev–Trinajstić information content (AvgIpc) is 3.04. The number of nitrogens with one attached hydrogen (secondary N) is 3. The molecule has 0 radical (unpaired) electrons. The molecule has 3 amide bonds. The Bertz CT molecular complexity index is 1800. The van der Waals surface area contributed by atoms with Gasteiger partial charge in [0.05, 0.1) is 25.0 Å². The molecule has 6 N–H and O–H groups in total. The predicted molar refractivity (Wildman–Crippen MR) is 172 cm³/mol. The minimum atomic E-state index is -1.46. The smallest absolute Gasteiger partial charge is 0.305 e. The minimum Gasteiger partial charge on any atom is -0.481 e. The van der Waals surface area contributed by atoms with Gasteiger partial charge in [-0.25, -0.2) is 0 Å². The molecule has 0 spiro atoms. The van der Waals surface area contributed by atoms with Crippen LogP contribution >= 0.6 is 0 Å². The first-order chi connectivity index (χ1) is 22.1. The zero-order valence-electron chi connectivity index (χ0n) is 25.1. The van der Waals surface area contributed by atoms with Crippen LogP contribution in [0.1, 0.15) is 41.7 Å². The van der Waals surface area contributed by atoms with Gasteiger partial charge in [0.2, 0.25) is 11.8 Å². The molecule has 0 aliphatic heterocycles. The van der Waals surface area contributed by atoms with Crippen LogP contribution in [0.5, 0.6) is 0 Å². The number of rotatable bonds is 15. The second kappa shape index (κ2) is 15.4. The molecule has 0 fully saturated rings. The minimum absolute atomic E-state index is 0.0646. The number of carboxylic acids is 1. The Hall–Kier alpha value is -5.62. The number of hydrogen-bond acceptors (Lipinski definition) is 7. The molecule has 4 rings (SSSR count). The molecule has 12 nitrogen and oxygen atoms in total. The quantitative estimate of drug-likeness (QED) is 0.133. The Balaban J connectivity index is 1.47. The molecule has 12 heteroatoms. The van der Waals surface area contributed by atoms with Crippen molar-refractivity contribution in [3.8, 4) is 0 Å². The standard InChI is InChI=1S/C34H35N5O7/c1-2-28(39-16-8-13-25(34(39)46)37-32(44)24-15-14-22-11-6-7-12-23(22)18-24)33(45)38-26(19-30(41)42)29(40)20-36-27(31(35)43)17-21-9-4-3-5-10-21/h3-16,18,26-28,36H,2,17,19-20H2,1H3,(H2,35,43)(H,37,44)(H,38,45)(H,41,42)/t26-,27+,28?/m0/s1. The summed E-state index contributed by atoms with van der Waals surface area (Å²) in [4.78, 5) is 76.5. The topological polar surface area (TPSA) is 190 Å². The second-order valence-corrected chi connectivity index (χ2v) is 10.7. The van der Waals surface area contributed by atoms with Crippen LogP contribution in [0, 0.1) is 0 Å². The van der Waals surface area contributed by atoms with Crippen LogP contribution in [-0.4, -0.2) is 57.8 Å². The van der Waals surface area contributed by atoms with Crippen LogP contribution in [0.2, 0.25) is 0 Å². The van der Waals surface area contributed by atoms with Crippen molar-refractivity contribution in [2.45, 2.75) is 44.3 Å². The summed E-state index contributed by atoms with van der Waals surface area (Å²) in [6.07, 6.45) is 0.965. The van der Waals surface area contributed by atoms with E-state index < -0.39 is 66.1 Å². The van der Waals surface area contributed by atoms with Crippen molar-refractivity contribution in [3.63, 3.8) is 0 Å². The molecular weight excluding hydrogens is 590 g/mol. The highest BCUT2D eigenvalue weighted by molar-refractivity contribution is 6.06. The maximum atomic E-state index is 13.4. The zero-order valence-corrected chi connectivity index (χ0v) is 25.1. The number of hydrogen-bond donors (Lipinski definition) is 5. The van der Waals surface area contributed by atoms with E-state index in [0.29, 0.717) is 5.56 Å². The van der Waals surface area contributed by atoms with E-state index in [1.54, 1.807) is 49.4 Å². The van der Waals surface area contributed by atoms with Gasteiger partial charge in [0.1, 0.15) is 11.7 Å². The number of nitrogens with two attached hydrogens (primary N) is 1. The van der Waals surface area contributed by atoms with E-state index in [-0.39, 0.29) is 18.5 Å². The van der Waals surface area contributed by atoms with Crippen LogP contribution in [0.15, 0.2) is 95.9 Å². The lowest BCUT2D eigenvalue weighted by Gasteiger charge is -2.23. The molecule has 3 aromatic carbocycles. The van der Waals surface area contributed by atoms with E-state index in [9.17, 15) is 33.9 Å². The first-order valence-electron chi connectivity index (χ1n) is 14.7. The summed E-state index contributed by atoms with van der Waals surface area (Å²) in [5.74, 6) is -4.00. The van der Waals surface area contributed by atoms with Gasteiger partial charge in [-0.15, -0.1) is 0 Å². The highest BCUT2D eigenvalue weighted by Crippen LogP contribution is 2.17. The number of aliphatic carboxylic acids is 1. The predicted octanol–water partition coefficient (Wildman–Crippen LogP) is 2.42. The van der Waals surface area contributed by atoms with E-state index in [1.165, 1.54) is 18.3 Å². The maximum Gasteiger partial charge on any atom is 0.305 e. The number of anilines is 1. The highest BCUT2D eigenvalue weighted by Gasteiger charge is 2.29. The molecule has 46 heavy (non-hydrogen) atoms. The lowest BCUT2D eigenvalue weighted by atomic mass is 10.0. The number of carbonyl (C=O) groups is 5. The van der Waals surface area contributed by atoms with Gasteiger partial charge >= 0.3 is 5.97 Å². The fourth-order valence-corrected chi connectivity index (χ4v) is 5.04. The summed E-state index contributed by atoms with van der Waals surface area (Å²) in [5, 5.41) is 19.1. The summed E-state index contributed by atoms with van der Waals surface area (Å²) in [5.41, 5.74) is 5.92. The monoisotopic (exact) mass is 625 g/mol. The van der Waals surface area contributed by atoms with Gasteiger partial charge < -0.3 is 26.0 Å². The van der Waals surface area contributed by atoms with Crippen LogP contribution in [0.25, 0.3) is 10.8 Å². The molecule has 3 atom stereocenters. The van der Waals surface area contributed by atoms with Crippen molar-refractivity contribution in [3.05, 3.63) is 113 Å². The van der Waals surface area contributed by atoms with Crippen molar-refractivity contribution in [1.82, 2.24) is 15.2 Å². The van der Waals surface area contributed by atoms with Crippen molar-refractivity contribution in [1.29, 1.82) is 0 Å². The van der Waals surface area contributed by atoms with Crippen LogP contribution < -0.4 is 27.2 Å². The van der Waals surface area contributed by atoms with E-state index in [0.717, 1.165) is 20.9 Å². The van der Waals surface area contributed by atoms with E-state index in [2.05, 4.69) is 16.0 Å². The van der Waals surface area contributed by atoms with Crippen LogP contribution in [0.4, 0.5) is 5.69 Å². The fraction of sp³-hybridized carbons (Fsp3) is 0.235. The van der Waals surface area contributed by atoms with Gasteiger partial charge in [-0.1, -0.05) is 67.6 Å². The molecule has 0 bridgehead atoms. The lowest BCUT2D eigenvalue weighted by Crippen LogP contribution is -2.51. The molecule has 1 aromatic heterocycles. The zero-order chi connectivity index (χ0) is 33.2. The first-order valence-corrected chi connectivity index (χ1v) is 14.7. The molecule has 4 aromatic rings. The van der Waals surface area contributed by atoms with Gasteiger partial charge in [-0.2, -0.15) is 0 Å². The largest absolute Gasteiger partial charge is 0.481 e. The molecule has 238 valence electrons. The summed E-state index contributed by atoms with van der Waals surface area (Å²) in [6.45, 7) is 1.21. The van der Waals surface area contributed by atoms with Crippen molar-refractivity contribution in [2.75, 3.05) is 11.9 Å². The third-order valence-corrected chi connectivity index (χ3v) is 7.49. The van der Waals surface area contributed by atoms with Crippen molar-refractivity contribution in [2.24, 2.45) is 5.73 Å². The van der Waals surface area contributed by atoms with Gasteiger partial charge in [-0.3, -0.25) is 34.1 Å². The average molecular weight is 626 g/mol. The number of nitrogens with zero attached hydrogens (tertiary/aromatic N) is 1. The first kappa shape index (κ1) is 33.3. The number of carbonyl (C=O) groups excluding carboxylic acids is 4. The Labute approximate surface area is 264 Å². The highest BCUT2D eigenvalue weighted by atomic mass is 16.4. The Morgan fingerprint density at radius 2 is 1.57 bits per heavy atom. The number of ketones is 1. The van der Waals surface area contributed by atoms with Gasteiger partial charge in [-0.05, 0) is 53.4 Å². The third kappa shape index (κ3) is 8.51. The molecule has 0 saturated heterocycles. The molecular formula is C34H35N5O7. The Morgan fingerprint density at radius 3 is 2.24 bits per heavy atom. The van der Waals surface area contributed by atoms with Gasteiger partial charge in [0, 0.05) is 11.8 Å². The maximum absolute atomic E-state index is 13.4. The number of benzene rings is 3. The Kier molecular flexibility index (Phi) is 11.1. The lowest BCUT2D eigenvalue weighted by molar-refractivity contribution is -0.140. The van der Waals surface area contributed by atoms with Crippen LogP contribution in [-0.2, 0) is 25.6 Å². The normalized spacial score (nSPS) is 12.9. The Morgan fingerprint density at radius 1 is 0.870 bits per heavy atom. The van der Waals surface area contributed by atoms with E-state index in [4.69, 9.17) is 5.73 Å². The number of primary amides is 1. The molecule has 0 saturated carbocycles. The van der Waals surface area contributed by atoms with Crippen LogP contribution in [0.3, 0.4) is 0 Å². The number of fused-ring (bicyclic) bond motifs is 1. The summed E-state index contributed by atoms with van der Waals surface area (Å²) in [6, 6.07) is 21.1. The summed E-state index contributed by atoms with van der Waals surface area (Å²) < 4.78 is 1.12. The molecule has 1 unspecified atom stereocenters. The SMILES string of the molecule is CCC(C(=O)N[C@@H](CC(=O)O)C(=O)CN[C@H](Cc1ccccc1)C(N)=O)n1cccc(NC(=O)c2ccc3ccccc3c2)c1=O. The number of Topliss-reactive ketones (excluding diaryl/α,β-unsaturated/α-hetero) is 1. The molecule has 0 aliphatic carbocycles. The van der Waals surface area contributed by atoms with E-state index >= 15 is 0 Å². The number of aromatic nitrogens is 1. The number of amides is 3.